The molecule has 1 saturated heterocycles. The van der Waals surface area contributed by atoms with Gasteiger partial charge in [-0.3, -0.25) is 4.90 Å². The number of rotatable bonds is 6. The minimum atomic E-state index is -0.315. The molecular formula is C14H27NO. The highest BCUT2D eigenvalue weighted by Crippen LogP contribution is 2.42. The standard InChI is InChI=1S/C14H27NO/c1-3-6-13(7-4-2)10-15(11-13)12-14(16)8-5-9-14/h16H,3-12H2,1-2H3. The van der Waals surface area contributed by atoms with E-state index in [-0.39, 0.29) is 5.60 Å². The number of aliphatic hydroxyl groups is 1. The summed E-state index contributed by atoms with van der Waals surface area (Å²) >= 11 is 0. The molecule has 0 unspecified atom stereocenters. The summed E-state index contributed by atoms with van der Waals surface area (Å²) in [5.41, 5.74) is 0.286. The number of β-amino-alcohol motifs (C(OH)–C–C–N with tert-alkyl or cyclic N) is 1. The van der Waals surface area contributed by atoms with Crippen molar-refractivity contribution in [1.29, 1.82) is 0 Å². The van der Waals surface area contributed by atoms with E-state index in [0.717, 1.165) is 19.4 Å². The second kappa shape index (κ2) is 4.66. The van der Waals surface area contributed by atoms with Crippen LogP contribution in [0.25, 0.3) is 0 Å². The minimum absolute atomic E-state index is 0.315. The number of hydrogen-bond donors (Lipinski definition) is 1. The number of hydrogen-bond acceptors (Lipinski definition) is 2. The van der Waals surface area contributed by atoms with Crippen LogP contribution in [-0.2, 0) is 0 Å². The molecule has 1 N–H and O–H groups in total. The van der Waals surface area contributed by atoms with Crippen molar-refractivity contribution in [2.24, 2.45) is 5.41 Å². The molecule has 1 heterocycles. The summed E-state index contributed by atoms with van der Waals surface area (Å²) in [4.78, 5) is 2.48. The SMILES string of the molecule is CCCC1(CCC)CN(CC2(O)CCC2)C1. The van der Waals surface area contributed by atoms with E-state index in [1.165, 1.54) is 45.2 Å². The summed E-state index contributed by atoms with van der Waals surface area (Å²) in [6.45, 7) is 7.98. The summed E-state index contributed by atoms with van der Waals surface area (Å²) in [5, 5.41) is 10.1. The van der Waals surface area contributed by atoms with E-state index in [1.807, 2.05) is 0 Å². The van der Waals surface area contributed by atoms with Crippen LogP contribution in [0.5, 0.6) is 0 Å². The zero-order valence-electron chi connectivity index (χ0n) is 11.0. The third-order valence-electron chi connectivity index (χ3n) is 4.48. The van der Waals surface area contributed by atoms with Crippen LogP contribution in [0.3, 0.4) is 0 Å². The lowest BCUT2D eigenvalue weighted by Crippen LogP contribution is -2.61. The van der Waals surface area contributed by atoms with Crippen molar-refractivity contribution in [2.75, 3.05) is 19.6 Å². The third-order valence-corrected chi connectivity index (χ3v) is 4.48. The lowest BCUT2D eigenvalue weighted by Gasteiger charge is -2.54. The summed E-state index contributed by atoms with van der Waals surface area (Å²) in [5.74, 6) is 0. The maximum atomic E-state index is 10.1. The lowest BCUT2D eigenvalue weighted by molar-refractivity contribution is -0.107. The second-order valence-corrected chi connectivity index (χ2v) is 6.22. The molecule has 0 aromatic rings. The van der Waals surface area contributed by atoms with Crippen molar-refractivity contribution in [3.8, 4) is 0 Å². The van der Waals surface area contributed by atoms with E-state index in [0.29, 0.717) is 5.41 Å². The summed E-state index contributed by atoms with van der Waals surface area (Å²) in [6.07, 6.45) is 8.62. The first-order valence-corrected chi connectivity index (χ1v) is 7.06. The first-order chi connectivity index (χ1) is 7.61. The van der Waals surface area contributed by atoms with Crippen LogP contribution in [0, 0.1) is 5.41 Å². The molecule has 2 fully saturated rings. The van der Waals surface area contributed by atoms with Crippen LogP contribution in [0.2, 0.25) is 0 Å². The van der Waals surface area contributed by atoms with Crippen molar-refractivity contribution in [3.63, 3.8) is 0 Å². The molecule has 1 aliphatic heterocycles. The zero-order valence-corrected chi connectivity index (χ0v) is 11.0. The Morgan fingerprint density at radius 1 is 1.06 bits per heavy atom. The smallest absolute Gasteiger partial charge is 0.0774 e. The van der Waals surface area contributed by atoms with Gasteiger partial charge in [-0.25, -0.2) is 0 Å². The average molecular weight is 225 g/mol. The minimum Gasteiger partial charge on any atom is -0.389 e. The fourth-order valence-corrected chi connectivity index (χ4v) is 3.68. The first-order valence-electron chi connectivity index (χ1n) is 7.06. The van der Waals surface area contributed by atoms with Gasteiger partial charge in [0, 0.05) is 19.6 Å². The first kappa shape index (κ1) is 12.4. The molecule has 0 amide bonds. The lowest BCUT2D eigenvalue weighted by atomic mass is 9.71. The Bertz CT molecular complexity index is 221. The van der Waals surface area contributed by atoms with E-state index >= 15 is 0 Å². The Morgan fingerprint density at radius 3 is 2.00 bits per heavy atom. The molecule has 1 aliphatic carbocycles. The fourth-order valence-electron chi connectivity index (χ4n) is 3.68. The monoisotopic (exact) mass is 225 g/mol. The number of nitrogens with zero attached hydrogens (tertiary/aromatic N) is 1. The van der Waals surface area contributed by atoms with Gasteiger partial charge in [0.25, 0.3) is 0 Å². The van der Waals surface area contributed by atoms with Crippen molar-refractivity contribution in [1.82, 2.24) is 4.90 Å². The molecule has 0 aromatic carbocycles. The van der Waals surface area contributed by atoms with Gasteiger partial charge >= 0.3 is 0 Å². The Morgan fingerprint density at radius 2 is 1.62 bits per heavy atom. The Hall–Kier alpha value is -0.0800. The van der Waals surface area contributed by atoms with Gasteiger partial charge in [0.15, 0.2) is 0 Å². The quantitative estimate of drug-likeness (QED) is 0.751. The van der Waals surface area contributed by atoms with Crippen molar-refractivity contribution in [2.45, 2.75) is 64.4 Å². The van der Waals surface area contributed by atoms with E-state index in [1.54, 1.807) is 0 Å². The summed E-state index contributed by atoms with van der Waals surface area (Å²) < 4.78 is 0. The van der Waals surface area contributed by atoms with Gasteiger partial charge in [-0.2, -0.15) is 0 Å². The van der Waals surface area contributed by atoms with E-state index in [4.69, 9.17) is 0 Å². The normalized spacial score (nSPS) is 27.2. The molecule has 0 aromatic heterocycles. The number of likely N-dealkylation sites (tertiary alicyclic amines) is 1. The molecule has 2 heteroatoms. The largest absolute Gasteiger partial charge is 0.389 e. The highest BCUT2D eigenvalue weighted by molar-refractivity contribution is 4.99. The highest BCUT2D eigenvalue weighted by Gasteiger charge is 2.45. The topological polar surface area (TPSA) is 23.5 Å². The Kier molecular flexibility index (Phi) is 3.60. The molecule has 0 atom stereocenters. The second-order valence-electron chi connectivity index (χ2n) is 6.22. The fraction of sp³-hybridized carbons (Fsp3) is 1.00. The average Bonchev–Trinajstić information content (AvgIpc) is 2.13. The predicted molar refractivity (Wildman–Crippen MR) is 67.5 cm³/mol. The van der Waals surface area contributed by atoms with Crippen LogP contribution < -0.4 is 0 Å². The molecule has 0 bridgehead atoms. The van der Waals surface area contributed by atoms with E-state index in [9.17, 15) is 5.11 Å². The zero-order chi connectivity index (χ0) is 11.6. The van der Waals surface area contributed by atoms with Crippen LogP contribution in [0.15, 0.2) is 0 Å². The highest BCUT2D eigenvalue weighted by atomic mass is 16.3. The van der Waals surface area contributed by atoms with Crippen LogP contribution in [0.4, 0.5) is 0 Å². The summed E-state index contributed by atoms with van der Waals surface area (Å²) in [7, 11) is 0. The van der Waals surface area contributed by atoms with E-state index in [2.05, 4.69) is 18.7 Å². The van der Waals surface area contributed by atoms with Crippen molar-refractivity contribution >= 4 is 0 Å². The van der Waals surface area contributed by atoms with Crippen molar-refractivity contribution in [3.05, 3.63) is 0 Å². The molecular weight excluding hydrogens is 198 g/mol. The van der Waals surface area contributed by atoms with Crippen LogP contribution in [0.1, 0.15) is 58.8 Å². The molecule has 0 spiro atoms. The van der Waals surface area contributed by atoms with Gasteiger partial charge < -0.3 is 5.11 Å². The third kappa shape index (κ3) is 2.43. The van der Waals surface area contributed by atoms with Gasteiger partial charge in [0.1, 0.15) is 0 Å². The molecule has 1 saturated carbocycles. The van der Waals surface area contributed by atoms with Gasteiger partial charge in [0.05, 0.1) is 5.60 Å². The van der Waals surface area contributed by atoms with Gasteiger partial charge in [-0.05, 0) is 37.5 Å². The molecule has 2 nitrogen and oxygen atoms in total. The molecule has 16 heavy (non-hydrogen) atoms. The molecule has 2 rings (SSSR count). The Labute approximate surface area is 100 Å². The van der Waals surface area contributed by atoms with Crippen LogP contribution >= 0.6 is 0 Å². The van der Waals surface area contributed by atoms with Gasteiger partial charge in [0.2, 0.25) is 0 Å². The van der Waals surface area contributed by atoms with E-state index < -0.39 is 0 Å². The predicted octanol–water partition coefficient (Wildman–Crippen LogP) is 2.80. The van der Waals surface area contributed by atoms with Gasteiger partial charge in [-0.1, -0.05) is 26.7 Å². The Balaban J connectivity index is 1.77. The molecule has 0 radical (unpaired) electrons. The van der Waals surface area contributed by atoms with Gasteiger partial charge in [-0.15, -0.1) is 0 Å². The summed E-state index contributed by atoms with van der Waals surface area (Å²) in [6, 6.07) is 0. The molecule has 94 valence electrons. The van der Waals surface area contributed by atoms with Crippen molar-refractivity contribution < 1.29 is 5.11 Å². The molecule has 2 aliphatic rings. The maximum Gasteiger partial charge on any atom is 0.0774 e. The van der Waals surface area contributed by atoms with Crippen LogP contribution in [-0.4, -0.2) is 35.2 Å². The maximum absolute atomic E-state index is 10.1.